The molecule has 0 aromatic heterocycles. The van der Waals surface area contributed by atoms with E-state index in [1.165, 1.54) is 12.1 Å². The lowest BCUT2D eigenvalue weighted by molar-refractivity contribution is -0.128. The van der Waals surface area contributed by atoms with Gasteiger partial charge in [0, 0.05) is 17.2 Å². The Morgan fingerprint density at radius 2 is 1.87 bits per heavy atom. The second-order valence-corrected chi connectivity index (χ2v) is 6.07. The quantitative estimate of drug-likeness (QED) is 0.588. The molecule has 1 atom stereocenters. The van der Waals surface area contributed by atoms with Crippen LogP contribution in [-0.2, 0) is 4.79 Å². The number of amides is 1. The summed E-state index contributed by atoms with van der Waals surface area (Å²) in [6.45, 7) is 2.37. The van der Waals surface area contributed by atoms with E-state index >= 15 is 0 Å². The Kier molecular flexibility index (Phi) is 6.94. The van der Waals surface area contributed by atoms with Gasteiger partial charge >= 0.3 is 0 Å². The van der Waals surface area contributed by atoms with Crippen LogP contribution in [0.5, 0.6) is 5.75 Å². The number of carbonyl (C=O) groups excluding carboxylic acids is 1. The normalized spacial score (nSPS) is 11.7. The average molecular weight is 333 g/mol. The molecular weight excluding hydrogens is 313 g/mol. The molecule has 0 spiro atoms. The fourth-order valence-corrected chi connectivity index (χ4v) is 2.78. The van der Waals surface area contributed by atoms with Crippen LogP contribution in [0.4, 0.5) is 4.39 Å². The number of hydrogen-bond donors (Lipinski definition) is 1. The zero-order chi connectivity index (χ0) is 16.5. The maximum absolute atomic E-state index is 13.6. The standard InChI is InChI=1S/C18H20FNO2S/c1-2-16(22-17-11-7-6-10-15(17)19)18(21)20-12-13-23-14-8-4-3-5-9-14/h3-11,16H,2,12-13H2,1H3,(H,20,21)/t16-/m1/s1. The van der Waals surface area contributed by atoms with Crippen molar-refractivity contribution < 1.29 is 13.9 Å². The molecule has 0 aliphatic carbocycles. The van der Waals surface area contributed by atoms with Crippen molar-refractivity contribution in [2.75, 3.05) is 12.3 Å². The Balaban J connectivity index is 1.77. The van der Waals surface area contributed by atoms with Gasteiger partial charge in [0.2, 0.25) is 0 Å². The number of halogens is 1. The molecule has 0 aliphatic rings. The van der Waals surface area contributed by atoms with E-state index in [-0.39, 0.29) is 11.7 Å². The minimum Gasteiger partial charge on any atom is -0.478 e. The largest absolute Gasteiger partial charge is 0.478 e. The van der Waals surface area contributed by atoms with Gasteiger partial charge in [0.15, 0.2) is 17.7 Å². The van der Waals surface area contributed by atoms with E-state index in [4.69, 9.17) is 4.74 Å². The molecule has 0 unspecified atom stereocenters. The first kappa shape index (κ1) is 17.3. The average Bonchev–Trinajstić information content (AvgIpc) is 2.59. The van der Waals surface area contributed by atoms with Gasteiger partial charge in [-0.25, -0.2) is 4.39 Å². The van der Waals surface area contributed by atoms with E-state index in [0.29, 0.717) is 13.0 Å². The van der Waals surface area contributed by atoms with Crippen LogP contribution in [0.3, 0.4) is 0 Å². The molecule has 23 heavy (non-hydrogen) atoms. The highest BCUT2D eigenvalue weighted by Gasteiger charge is 2.19. The van der Waals surface area contributed by atoms with E-state index in [1.807, 2.05) is 37.3 Å². The zero-order valence-electron chi connectivity index (χ0n) is 13.0. The lowest BCUT2D eigenvalue weighted by Crippen LogP contribution is -2.39. The van der Waals surface area contributed by atoms with Crippen molar-refractivity contribution in [2.45, 2.75) is 24.3 Å². The maximum atomic E-state index is 13.6. The monoisotopic (exact) mass is 333 g/mol. The highest BCUT2D eigenvalue weighted by Crippen LogP contribution is 2.18. The van der Waals surface area contributed by atoms with Gasteiger partial charge in [-0.05, 0) is 30.7 Å². The lowest BCUT2D eigenvalue weighted by atomic mass is 10.2. The molecule has 0 aliphatic heterocycles. The van der Waals surface area contributed by atoms with E-state index in [2.05, 4.69) is 5.32 Å². The second-order valence-electron chi connectivity index (χ2n) is 4.90. The topological polar surface area (TPSA) is 38.3 Å². The van der Waals surface area contributed by atoms with Crippen molar-refractivity contribution in [3.05, 3.63) is 60.4 Å². The van der Waals surface area contributed by atoms with Crippen LogP contribution >= 0.6 is 11.8 Å². The minimum absolute atomic E-state index is 0.105. The predicted molar refractivity (Wildman–Crippen MR) is 91.3 cm³/mol. The highest BCUT2D eigenvalue weighted by atomic mass is 32.2. The molecular formula is C18H20FNO2S. The maximum Gasteiger partial charge on any atom is 0.261 e. The Labute approximate surface area is 140 Å². The molecule has 0 saturated heterocycles. The molecule has 5 heteroatoms. The summed E-state index contributed by atoms with van der Waals surface area (Å²) in [7, 11) is 0. The summed E-state index contributed by atoms with van der Waals surface area (Å²) in [5, 5.41) is 2.84. The number of ether oxygens (including phenoxy) is 1. The third-order valence-corrected chi connectivity index (χ3v) is 4.20. The van der Waals surface area contributed by atoms with E-state index in [1.54, 1.807) is 23.9 Å². The van der Waals surface area contributed by atoms with Gasteiger partial charge in [0.1, 0.15) is 0 Å². The van der Waals surface area contributed by atoms with E-state index in [0.717, 1.165) is 10.6 Å². The Hall–Kier alpha value is -2.01. The van der Waals surface area contributed by atoms with Gasteiger partial charge in [-0.2, -0.15) is 0 Å². The van der Waals surface area contributed by atoms with Crippen LogP contribution in [0.25, 0.3) is 0 Å². The van der Waals surface area contributed by atoms with Crippen molar-refractivity contribution in [3.8, 4) is 5.75 Å². The molecule has 0 saturated carbocycles. The predicted octanol–water partition coefficient (Wildman–Crippen LogP) is 3.89. The van der Waals surface area contributed by atoms with Gasteiger partial charge in [0.05, 0.1) is 0 Å². The summed E-state index contributed by atoms with van der Waals surface area (Å²) in [5.74, 6) is 0.197. The van der Waals surface area contributed by atoms with Gasteiger partial charge < -0.3 is 10.1 Å². The molecule has 3 nitrogen and oxygen atoms in total. The first-order valence-corrected chi connectivity index (χ1v) is 8.56. The molecule has 0 fully saturated rings. The molecule has 2 rings (SSSR count). The molecule has 1 amide bonds. The fourth-order valence-electron chi connectivity index (χ4n) is 1.99. The molecule has 2 aromatic rings. The number of para-hydroxylation sites is 1. The number of thioether (sulfide) groups is 1. The van der Waals surface area contributed by atoms with Gasteiger partial charge in [-0.1, -0.05) is 37.3 Å². The Bertz CT molecular complexity index is 621. The smallest absolute Gasteiger partial charge is 0.261 e. The third kappa shape index (κ3) is 5.60. The number of hydrogen-bond acceptors (Lipinski definition) is 3. The molecule has 0 heterocycles. The van der Waals surface area contributed by atoms with Crippen LogP contribution in [0.1, 0.15) is 13.3 Å². The summed E-state index contributed by atoms with van der Waals surface area (Å²) in [5.41, 5.74) is 0. The summed E-state index contributed by atoms with van der Waals surface area (Å²) in [6.07, 6.45) is -0.208. The van der Waals surface area contributed by atoms with E-state index in [9.17, 15) is 9.18 Å². The van der Waals surface area contributed by atoms with Crippen molar-refractivity contribution in [1.29, 1.82) is 0 Å². The van der Waals surface area contributed by atoms with Crippen molar-refractivity contribution in [2.24, 2.45) is 0 Å². The van der Waals surface area contributed by atoms with Crippen molar-refractivity contribution in [1.82, 2.24) is 5.32 Å². The summed E-state index contributed by atoms with van der Waals surface area (Å²) >= 11 is 1.67. The number of nitrogens with one attached hydrogen (secondary N) is 1. The molecule has 0 radical (unpaired) electrons. The molecule has 1 N–H and O–H groups in total. The number of rotatable bonds is 8. The molecule has 122 valence electrons. The van der Waals surface area contributed by atoms with Crippen molar-refractivity contribution >= 4 is 17.7 Å². The van der Waals surface area contributed by atoms with Gasteiger partial charge in [0.25, 0.3) is 5.91 Å². The van der Waals surface area contributed by atoms with Crippen LogP contribution in [0.15, 0.2) is 59.5 Å². The number of benzene rings is 2. The second kappa shape index (κ2) is 9.20. The Morgan fingerprint density at radius 3 is 2.57 bits per heavy atom. The third-order valence-electron chi connectivity index (χ3n) is 3.18. The van der Waals surface area contributed by atoms with Crippen LogP contribution in [-0.4, -0.2) is 24.3 Å². The van der Waals surface area contributed by atoms with Gasteiger partial charge in [-0.15, -0.1) is 11.8 Å². The van der Waals surface area contributed by atoms with Crippen molar-refractivity contribution in [3.63, 3.8) is 0 Å². The minimum atomic E-state index is -0.686. The van der Waals surface area contributed by atoms with E-state index < -0.39 is 11.9 Å². The number of carbonyl (C=O) groups is 1. The fraction of sp³-hybridized carbons (Fsp3) is 0.278. The van der Waals surface area contributed by atoms with Crippen LogP contribution in [0.2, 0.25) is 0 Å². The molecule has 2 aromatic carbocycles. The summed E-state index contributed by atoms with van der Waals surface area (Å²) in [6, 6.07) is 16.1. The first-order chi connectivity index (χ1) is 11.2. The Morgan fingerprint density at radius 1 is 1.17 bits per heavy atom. The van der Waals surface area contributed by atoms with Crippen LogP contribution in [0, 0.1) is 5.82 Å². The SMILES string of the molecule is CC[C@@H](Oc1ccccc1F)C(=O)NCCSc1ccccc1. The van der Waals surface area contributed by atoms with Crippen LogP contribution < -0.4 is 10.1 Å². The first-order valence-electron chi connectivity index (χ1n) is 7.57. The van der Waals surface area contributed by atoms with Gasteiger partial charge in [-0.3, -0.25) is 4.79 Å². The summed E-state index contributed by atoms with van der Waals surface area (Å²) in [4.78, 5) is 13.3. The summed E-state index contributed by atoms with van der Waals surface area (Å²) < 4.78 is 19.1. The lowest BCUT2D eigenvalue weighted by Gasteiger charge is -2.17. The molecule has 0 bridgehead atoms. The zero-order valence-corrected chi connectivity index (χ0v) is 13.8. The highest BCUT2D eigenvalue weighted by molar-refractivity contribution is 7.99.